The van der Waals surface area contributed by atoms with E-state index in [2.05, 4.69) is 35.9 Å². The number of benzene rings is 2. The van der Waals surface area contributed by atoms with Crippen molar-refractivity contribution >= 4 is 11.6 Å². The lowest BCUT2D eigenvalue weighted by Gasteiger charge is -2.24. The first-order valence-corrected chi connectivity index (χ1v) is 10.9. The van der Waals surface area contributed by atoms with Gasteiger partial charge in [-0.1, -0.05) is 36.4 Å². The Balaban J connectivity index is 1.30. The fraction of sp³-hybridized carbons (Fsp3) is 0.261. The largest absolute Gasteiger partial charge is 0.416 e. The van der Waals surface area contributed by atoms with Crippen LogP contribution in [0, 0.1) is 5.82 Å². The summed E-state index contributed by atoms with van der Waals surface area (Å²) in [7, 11) is 0. The monoisotopic (exact) mass is 484 g/mol. The lowest BCUT2D eigenvalue weighted by Crippen LogP contribution is -2.27. The van der Waals surface area contributed by atoms with Crippen LogP contribution in [-0.4, -0.2) is 36.6 Å². The Kier molecular flexibility index (Phi) is 6.01. The SMILES string of the molecule is Fc1c(NCc2ccc(-c3nn[nH]n3)cc2)ncnc1N(Cc1ccc(C(F)(F)F)cc1)C1CC1. The fourth-order valence-electron chi connectivity index (χ4n) is 3.68. The number of hydrogen-bond acceptors (Lipinski definition) is 7. The van der Waals surface area contributed by atoms with Crippen LogP contribution in [0.4, 0.5) is 29.2 Å². The highest BCUT2D eigenvalue weighted by molar-refractivity contribution is 5.55. The van der Waals surface area contributed by atoms with E-state index in [0.29, 0.717) is 17.9 Å². The second-order valence-corrected chi connectivity index (χ2v) is 8.20. The van der Waals surface area contributed by atoms with Gasteiger partial charge in [0.05, 0.1) is 5.56 Å². The van der Waals surface area contributed by atoms with Crippen LogP contribution in [0.25, 0.3) is 11.4 Å². The second kappa shape index (κ2) is 9.28. The van der Waals surface area contributed by atoms with Gasteiger partial charge >= 0.3 is 6.18 Å². The van der Waals surface area contributed by atoms with E-state index in [1.165, 1.54) is 18.5 Å². The molecule has 0 spiro atoms. The van der Waals surface area contributed by atoms with Gasteiger partial charge < -0.3 is 10.2 Å². The molecule has 1 saturated carbocycles. The maximum absolute atomic E-state index is 15.4. The number of H-pyrrole nitrogens is 1. The fourth-order valence-corrected chi connectivity index (χ4v) is 3.68. The van der Waals surface area contributed by atoms with E-state index in [4.69, 9.17) is 0 Å². The first-order chi connectivity index (χ1) is 16.9. The maximum atomic E-state index is 15.4. The Bertz CT molecular complexity index is 1270. The lowest BCUT2D eigenvalue weighted by molar-refractivity contribution is -0.137. The number of halogens is 4. The zero-order chi connectivity index (χ0) is 24.4. The average molecular weight is 484 g/mol. The topological polar surface area (TPSA) is 95.5 Å². The number of aromatic nitrogens is 6. The average Bonchev–Trinajstić information content (AvgIpc) is 3.55. The molecule has 8 nitrogen and oxygen atoms in total. The smallest absolute Gasteiger partial charge is 0.363 e. The van der Waals surface area contributed by atoms with E-state index in [1.54, 1.807) is 4.90 Å². The molecule has 0 saturated heterocycles. The molecule has 0 unspecified atom stereocenters. The van der Waals surface area contributed by atoms with Crippen molar-refractivity contribution in [2.45, 2.75) is 38.1 Å². The number of tetrazole rings is 1. The molecule has 12 heteroatoms. The summed E-state index contributed by atoms with van der Waals surface area (Å²) in [6.07, 6.45) is -1.40. The van der Waals surface area contributed by atoms with Gasteiger partial charge in [0.15, 0.2) is 11.6 Å². The molecular weight excluding hydrogens is 464 g/mol. The van der Waals surface area contributed by atoms with Gasteiger partial charge in [-0.2, -0.15) is 22.8 Å². The summed E-state index contributed by atoms with van der Waals surface area (Å²) in [5.74, 6) is 0.0478. The zero-order valence-electron chi connectivity index (χ0n) is 18.3. The van der Waals surface area contributed by atoms with Crippen molar-refractivity contribution in [2.75, 3.05) is 10.2 Å². The number of nitrogens with one attached hydrogen (secondary N) is 2. The molecule has 0 atom stereocenters. The second-order valence-electron chi connectivity index (χ2n) is 8.20. The van der Waals surface area contributed by atoms with Gasteiger partial charge in [0.2, 0.25) is 11.6 Å². The van der Waals surface area contributed by atoms with Crippen LogP contribution in [0.5, 0.6) is 0 Å². The minimum atomic E-state index is -4.40. The highest BCUT2D eigenvalue weighted by Gasteiger charge is 2.33. The Morgan fingerprint density at radius 1 is 0.971 bits per heavy atom. The van der Waals surface area contributed by atoms with E-state index < -0.39 is 17.6 Å². The molecule has 0 radical (unpaired) electrons. The summed E-state index contributed by atoms with van der Waals surface area (Å²) in [6, 6.07) is 12.4. The molecule has 2 N–H and O–H groups in total. The van der Waals surface area contributed by atoms with Crippen molar-refractivity contribution in [1.82, 2.24) is 30.6 Å². The summed E-state index contributed by atoms with van der Waals surface area (Å²) in [4.78, 5) is 9.97. The van der Waals surface area contributed by atoms with Crippen LogP contribution < -0.4 is 10.2 Å². The Morgan fingerprint density at radius 3 is 2.31 bits per heavy atom. The van der Waals surface area contributed by atoms with E-state index in [0.717, 1.165) is 36.1 Å². The lowest BCUT2D eigenvalue weighted by atomic mass is 10.1. The molecule has 1 aliphatic carbocycles. The van der Waals surface area contributed by atoms with Crippen molar-refractivity contribution in [3.63, 3.8) is 0 Å². The summed E-state index contributed by atoms with van der Waals surface area (Å²) >= 11 is 0. The summed E-state index contributed by atoms with van der Waals surface area (Å²) in [6.45, 7) is 0.565. The van der Waals surface area contributed by atoms with Gasteiger partial charge in [-0.15, -0.1) is 10.2 Å². The molecule has 1 aliphatic rings. The van der Waals surface area contributed by atoms with Crippen LogP contribution >= 0.6 is 0 Å². The Labute approximate surface area is 197 Å². The van der Waals surface area contributed by atoms with E-state index in [-0.39, 0.29) is 24.2 Å². The Hall–Kier alpha value is -4.09. The highest BCUT2D eigenvalue weighted by atomic mass is 19.4. The molecule has 4 aromatic rings. The predicted molar refractivity (Wildman–Crippen MR) is 120 cm³/mol. The van der Waals surface area contributed by atoms with Gasteiger partial charge in [0.25, 0.3) is 0 Å². The Morgan fingerprint density at radius 2 is 1.69 bits per heavy atom. The molecule has 0 aliphatic heterocycles. The molecule has 0 bridgehead atoms. The molecule has 2 aromatic carbocycles. The van der Waals surface area contributed by atoms with Crippen molar-refractivity contribution < 1.29 is 17.6 Å². The molecule has 2 aromatic heterocycles. The van der Waals surface area contributed by atoms with Crippen molar-refractivity contribution in [2.24, 2.45) is 0 Å². The standard InChI is InChI=1S/C23H20F4N8/c24-19-21(28-11-14-1-5-16(6-2-14)20-31-33-34-32-20)29-13-30-22(19)35(18-9-10-18)12-15-3-7-17(8-4-15)23(25,26)27/h1-8,13,18H,9-12H2,(H,28,29,30)(H,31,32,33,34). The zero-order valence-corrected chi connectivity index (χ0v) is 18.3. The predicted octanol–water partition coefficient (Wildman–Crippen LogP) is 4.60. The van der Waals surface area contributed by atoms with Gasteiger partial charge in [-0.25, -0.2) is 9.97 Å². The molecule has 0 amide bonds. The third-order valence-corrected chi connectivity index (χ3v) is 5.68. The van der Waals surface area contributed by atoms with Crippen LogP contribution in [0.1, 0.15) is 29.5 Å². The van der Waals surface area contributed by atoms with Gasteiger partial charge in [-0.3, -0.25) is 0 Å². The summed E-state index contributed by atoms with van der Waals surface area (Å²) in [5, 5.41) is 16.8. The minimum absolute atomic E-state index is 0.0512. The molecular formula is C23H20F4N8. The molecule has 2 heterocycles. The number of nitrogens with zero attached hydrogens (tertiary/aromatic N) is 6. The van der Waals surface area contributed by atoms with Crippen LogP contribution in [0.3, 0.4) is 0 Å². The molecule has 35 heavy (non-hydrogen) atoms. The van der Waals surface area contributed by atoms with Crippen molar-refractivity contribution in [3.05, 3.63) is 77.4 Å². The van der Waals surface area contributed by atoms with Gasteiger partial charge in [0.1, 0.15) is 6.33 Å². The molecule has 180 valence electrons. The third-order valence-electron chi connectivity index (χ3n) is 5.68. The highest BCUT2D eigenvalue weighted by Crippen LogP contribution is 2.35. The molecule has 1 fully saturated rings. The minimum Gasteiger partial charge on any atom is -0.363 e. The van der Waals surface area contributed by atoms with Gasteiger partial charge in [0, 0.05) is 24.7 Å². The van der Waals surface area contributed by atoms with E-state index >= 15 is 4.39 Å². The normalized spacial score (nSPS) is 13.6. The number of alkyl halides is 3. The quantitative estimate of drug-likeness (QED) is 0.353. The number of anilines is 2. The van der Waals surface area contributed by atoms with Crippen LogP contribution in [-0.2, 0) is 19.3 Å². The summed E-state index contributed by atoms with van der Waals surface area (Å²) < 4.78 is 54.0. The number of aromatic amines is 1. The maximum Gasteiger partial charge on any atom is 0.416 e. The summed E-state index contributed by atoms with van der Waals surface area (Å²) in [5.41, 5.74) is 1.60. The first kappa shape index (κ1) is 22.7. The van der Waals surface area contributed by atoms with Crippen LogP contribution in [0.15, 0.2) is 54.9 Å². The van der Waals surface area contributed by atoms with Crippen molar-refractivity contribution in [1.29, 1.82) is 0 Å². The van der Waals surface area contributed by atoms with Crippen molar-refractivity contribution in [3.8, 4) is 11.4 Å². The van der Waals surface area contributed by atoms with E-state index in [1.807, 2.05) is 24.3 Å². The van der Waals surface area contributed by atoms with E-state index in [9.17, 15) is 13.2 Å². The number of rotatable bonds is 8. The molecule has 5 rings (SSSR count). The third kappa shape index (κ3) is 5.20. The number of hydrogen-bond donors (Lipinski definition) is 2. The first-order valence-electron chi connectivity index (χ1n) is 10.9. The van der Waals surface area contributed by atoms with Gasteiger partial charge in [-0.05, 0) is 41.3 Å². The van der Waals surface area contributed by atoms with Crippen LogP contribution in [0.2, 0.25) is 0 Å².